The molecule has 3 rings (SSSR count). The van der Waals surface area contributed by atoms with Crippen LogP contribution in [0.4, 0.5) is 0 Å². The van der Waals surface area contributed by atoms with Crippen LogP contribution in [0, 0.1) is 5.92 Å². The van der Waals surface area contributed by atoms with Crippen LogP contribution in [0.3, 0.4) is 0 Å². The van der Waals surface area contributed by atoms with Crippen molar-refractivity contribution in [1.29, 1.82) is 0 Å². The van der Waals surface area contributed by atoms with Gasteiger partial charge in [0.05, 0.1) is 0 Å². The fourth-order valence-corrected chi connectivity index (χ4v) is 4.06. The minimum atomic E-state index is 0.508. The first kappa shape index (κ1) is 12.9. The zero-order chi connectivity index (χ0) is 12.4. The number of nitrogens with zero attached hydrogens (tertiary/aromatic N) is 1. The van der Waals surface area contributed by atoms with Crippen LogP contribution in [0.1, 0.15) is 64.7 Å². The van der Waals surface area contributed by atoms with Crippen LogP contribution in [0.5, 0.6) is 0 Å². The van der Waals surface area contributed by atoms with E-state index in [1.54, 1.807) is 0 Å². The third kappa shape index (κ3) is 2.91. The Morgan fingerprint density at radius 3 is 2.61 bits per heavy atom. The normalized spacial score (nSPS) is 32.2. The largest absolute Gasteiger partial charge is 0.308 e. The van der Waals surface area contributed by atoms with Gasteiger partial charge < -0.3 is 5.32 Å². The molecule has 3 fully saturated rings. The lowest BCUT2D eigenvalue weighted by Gasteiger charge is -2.46. The summed E-state index contributed by atoms with van der Waals surface area (Å²) in [4.78, 5) is 2.85. The molecule has 2 nitrogen and oxygen atoms in total. The summed E-state index contributed by atoms with van der Waals surface area (Å²) in [5.41, 5.74) is 0.508. The number of hydrogen-bond acceptors (Lipinski definition) is 2. The van der Waals surface area contributed by atoms with Crippen LogP contribution in [-0.4, -0.2) is 36.1 Å². The maximum absolute atomic E-state index is 3.92. The minimum absolute atomic E-state index is 0.508. The second kappa shape index (κ2) is 5.50. The topological polar surface area (TPSA) is 15.3 Å². The molecule has 1 heterocycles. The van der Waals surface area contributed by atoms with Gasteiger partial charge in [0.1, 0.15) is 0 Å². The zero-order valence-electron chi connectivity index (χ0n) is 12.1. The van der Waals surface area contributed by atoms with E-state index in [-0.39, 0.29) is 0 Å². The van der Waals surface area contributed by atoms with Crippen molar-refractivity contribution < 1.29 is 0 Å². The minimum Gasteiger partial charge on any atom is -0.308 e. The monoisotopic (exact) mass is 250 g/mol. The second-order valence-electron chi connectivity index (χ2n) is 7.01. The van der Waals surface area contributed by atoms with Crippen LogP contribution in [0.25, 0.3) is 0 Å². The standard InChI is InChI=1S/C16H30N2/c1-2-5-15-12-17-16(9-3-4-10-16)13-18(15)11-8-14-6-7-14/h14-15,17H,2-13H2,1H3. The highest BCUT2D eigenvalue weighted by atomic mass is 15.3. The summed E-state index contributed by atoms with van der Waals surface area (Å²) in [6, 6.07) is 0.819. The van der Waals surface area contributed by atoms with Crippen LogP contribution < -0.4 is 5.32 Å². The smallest absolute Gasteiger partial charge is 0.0309 e. The molecule has 0 aromatic heterocycles. The summed E-state index contributed by atoms with van der Waals surface area (Å²) >= 11 is 0. The SMILES string of the molecule is CCCC1CNC2(CCCC2)CN1CCC1CC1. The van der Waals surface area contributed by atoms with Gasteiger partial charge in [-0.15, -0.1) is 0 Å². The van der Waals surface area contributed by atoms with Crippen molar-refractivity contribution in [3.05, 3.63) is 0 Å². The Hall–Kier alpha value is -0.0800. The highest BCUT2D eigenvalue weighted by Crippen LogP contribution is 2.36. The van der Waals surface area contributed by atoms with Crippen molar-refractivity contribution in [3.8, 4) is 0 Å². The molecular formula is C16H30N2. The van der Waals surface area contributed by atoms with Gasteiger partial charge in [-0.1, -0.05) is 39.0 Å². The van der Waals surface area contributed by atoms with Gasteiger partial charge in [0.15, 0.2) is 0 Å². The molecule has 2 aliphatic carbocycles. The summed E-state index contributed by atoms with van der Waals surface area (Å²) < 4.78 is 0. The van der Waals surface area contributed by atoms with Gasteiger partial charge in [-0.3, -0.25) is 4.90 Å². The molecule has 0 aromatic carbocycles. The van der Waals surface area contributed by atoms with Crippen LogP contribution >= 0.6 is 0 Å². The van der Waals surface area contributed by atoms with E-state index in [4.69, 9.17) is 0 Å². The van der Waals surface area contributed by atoms with Crippen molar-refractivity contribution in [2.24, 2.45) is 5.92 Å². The lowest BCUT2D eigenvalue weighted by atomic mass is 9.91. The quantitative estimate of drug-likeness (QED) is 0.806. The summed E-state index contributed by atoms with van der Waals surface area (Å²) in [6.07, 6.45) is 12.9. The van der Waals surface area contributed by atoms with E-state index in [0.717, 1.165) is 12.0 Å². The molecular weight excluding hydrogens is 220 g/mol. The van der Waals surface area contributed by atoms with Gasteiger partial charge in [-0.25, -0.2) is 0 Å². The predicted molar refractivity (Wildman–Crippen MR) is 76.8 cm³/mol. The molecule has 0 amide bonds. The molecule has 1 N–H and O–H groups in total. The molecule has 1 aliphatic heterocycles. The maximum atomic E-state index is 3.92. The van der Waals surface area contributed by atoms with E-state index in [0.29, 0.717) is 5.54 Å². The van der Waals surface area contributed by atoms with E-state index >= 15 is 0 Å². The van der Waals surface area contributed by atoms with Gasteiger partial charge in [0.25, 0.3) is 0 Å². The first-order valence-electron chi connectivity index (χ1n) is 8.30. The summed E-state index contributed by atoms with van der Waals surface area (Å²) in [7, 11) is 0. The molecule has 0 aromatic rings. The molecule has 1 spiro atoms. The van der Waals surface area contributed by atoms with Gasteiger partial charge in [-0.2, -0.15) is 0 Å². The molecule has 1 atom stereocenters. The number of nitrogens with one attached hydrogen (secondary N) is 1. The molecule has 18 heavy (non-hydrogen) atoms. The van der Waals surface area contributed by atoms with Crippen molar-refractivity contribution in [2.75, 3.05) is 19.6 Å². The first-order chi connectivity index (χ1) is 8.81. The molecule has 2 heteroatoms. The van der Waals surface area contributed by atoms with Crippen LogP contribution in [-0.2, 0) is 0 Å². The average molecular weight is 250 g/mol. The molecule has 104 valence electrons. The molecule has 2 saturated carbocycles. The number of piperazine rings is 1. The van der Waals surface area contributed by atoms with Crippen LogP contribution in [0.15, 0.2) is 0 Å². The molecule has 1 saturated heterocycles. The average Bonchev–Trinajstić information content (AvgIpc) is 3.11. The van der Waals surface area contributed by atoms with Gasteiger partial charge >= 0.3 is 0 Å². The Labute approximate surface area is 113 Å². The lowest BCUT2D eigenvalue weighted by Crippen LogP contribution is -2.63. The Balaban J connectivity index is 1.58. The number of rotatable bonds is 5. The Morgan fingerprint density at radius 2 is 1.94 bits per heavy atom. The van der Waals surface area contributed by atoms with E-state index in [2.05, 4.69) is 17.1 Å². The lowest BCUT2D eigenvalue weighted by molar-refractivity contribution is 0.0731. The fourth-order valence-electron chi connectivity index (χ4n) is 4.06. The predicted octanol–water partition coefficient (Wildman–Crippen LogP) is 3.17. The van der Waals surface area contributed by atoms with Gasteiger partial charge in [-0.05, 0) is 38.1 Å². The highest BCUT2D eigenvalue weighted by Gasteiger charge is 2.40. The first-order valence-corrected chi connectivity index (χ1v) is 8.30. The molecule has 0 radical (unpaired) electrons. The Bertz CT molecular complexity index is 266. The van der Waals surface area contributed by atoms with E-state index in [9.17, 15) is 0 Å². The third-order valence-electron chi connectivity index (χ3n) is 5.44. The summed E-state index contributed by atoms with van der Waals surface area (Å²) in [6.45, 7) is 6.29. The fraction of sp³-hybridized carbons (Fsp3) is 1.00. The Kier molecular flexibility index (Phi) is 3.95. The van der Waals surface area contributed by atoms with Crippen LogP contribution in [0.2, 0.25) is 0 Å². The zero-order valence-corrected chi connectivity index (χ0v) is 12.1. The maximum Gasteiger partial charge on any atom is 0.0309 e. The second-order valence-corrected chi connectivity index (χ2v) is 7.01. The molecule has 3 aliphatic rings. The van der Waals surface area contributed by atoms with E-state index < -0.39 is 0 Å². The van der Waals surface area contributed by atoms with Crippen molar-refractivity contribution in [3.63, 3.8) is 0 Å². The van der Waals surface area contributed by atoms with Crippen molar-refractivity contribution in [2.45, 2.75) is 76.3 Å². The number of hydrogen-bond donors (Lipinski definition) is 1. The van der Waals surface area contributed by atoms with E-state index in [1.165, 1.54) is 77.4 Å². The van der Waals surface area contributed by atoms with E-state index in [1.807, 2.05) is 0 Å². The third-order valence-corrected chi connectivity index (χ3v) is 5.44. The molecule has 1 unspecified atom stereocenters. The van der Waals surface area contributed by atoms with Gasteiger partial charge in [0.2, 0.25) is 0 Å². The summed E-state index contributed by atoms with van der Waals surface area (Å²) in [5.74, 6) is 1.08. The Morgan fingerprint density at radius 1 is 1.17 bits per heavy atom. The van der Waals surface area contributed by atoms with Crippen molar-refractivity contribution >= 4 is 0 Å². The summed E-state index contributed by atoms with van der Waals surface area (Å²) in [5, 5.41) is 3.92. The van der Waals surface area contributed by atoms with Gasteiger partial charge in [0, 0.05) is 24.7 Å². The molecule has 0 bridgehead atoms. The van der Waals surface area contributed by atoms with Crippen molar-refractivity contribution in [1.82, 2.24) is 10.2 Å². The highest BCUT2D eigenvalue weighted by molar-refractivity contribution is 5.01.